The fourth-order valence-electron chi connectivity index (χ4n) is 4.76. The predicted molar refractivity (Wildman–Crippen MR) is 129 cm³/mol. The van der Waals surface area contributed by atoms with Gasteiger partial charge in [-0.15, -0.1) is 0 Å². The van der Waals surface area contributed by atoms with Crippen LogP contribution in [-0.4, -0.2) is 14.5 Å². The van der Waals surface area contributed by atoms with Crippen molar-refractivity contribution in [3.8, 4) is 16.9 Å². The van der Waals surface area contributed by atoms with Gasteiger partial charge in [0.15, 0.2) is 0 Å². The SMILES string of the molecule is CCCCC1CC(n2cc(-c3cccc(OCc4ccccc4)c3)c3c(N)ncnc32)C1. The number of ether oxygens (including phenoxy) is 1. The molecule has 0 unspecified atom stereocenters. The van der Waals surface area contributed by atoms with Crippen molar-refractivity contribution in [1.82, 2.24) is 14.5 Å². The fourth-order valence-corrected chi connectivity index (χ4v) is 4.76. The van der Waals surface area contributed by atoms with Crippen LogP contribution < -0.4 is 10.5 Å². The van der Waals surface area contributed by atoms with Gasteiger partial charge in [-0.2, -0.15) is 0 Å². The van der Waals surface area contributed by atoms with Gasteiger partial charge < -0.3 is 15.0 Å². The molecule has 1 saturated carbocycles. The second kappa shape index (κ2) is 9.03. The molecule has 5 rings (SSSR count). The third kappa shape index (κ3) is 4.07. The number of hydrogen-bond acceptors (Lipinski definition) is 4. The summed E-state index contributed by atoms with van der Waals surface area (Å²) in [5, 5.41) is 0.935. The maximum Gasteiger partial charge on any atom is 0.146 e. The van der Waals surface area contributed by atoms with Gasteiger partial charge in [-0.1, -0.05) is 68.7 Å². The first-order valence-corrected chi connectivity index (χ1v) is 11.6. The van der Waals surface area contributed by atoms with Crippen molar-refractivity contribution in [1.29, 1.82) is 0 Å². The summed E-state index contributed by atoms with van der Waals surface area (Å²) in [5.41, 5.74) is 10.6. The van der Waals surface area contributed by atoms with E-state index in [-0.39, 0.29) is 0 Å². The van der Waals surface area contributed by atoms with Crippen molar-refractivity contribution in [2.75, 3.05) is 5.73 Å². The van der Waals surface area contributed by atoms with Gasteiger partial charge in [-0.05, 0) is 42.0 Å². The number of nitrogen functional groups attached to an aromatic ring is 1. The molecule has 2 heterocycles. The normalized spacial score (nSPS) is 17.9. The monoisotopic (exact) mass is 426 g/mol. The first-order valence-electron chi connectivity index (χ1n) is 11.6. The van der Waals surface area contributed by atoms with E-state index in [0.29, 0.717) is 18.5 Å². The third-order valence-electron chi connectivity index (χ3n) is 6.60. The molecule has 2 aromatic carbocycles. The highest BCUT2D eigenvalue weighted by Crippen LogP contribution is 2.44. The number of unbranched alkanes of at least 4 members (excludes halogenated alkanes) is 1. The Balaban J connectivity index is 1.43. The maximum absolute atomic E-state index is 6.34. The van der Waals surface area contributed by atoms with Crippen LogP contribution in [0.5, 0.6) is 5.75 Å². The lowest BCUT2D eigenvalue weighted by molar-refractivity contribution is 0.187. The van der Waals surface area contributed by atoms with Gasteiger partial charge >= 0.3 is 0 Å². The number of hydrogen-bond donors (Lipinski definition) is 1. The Labute approximate surface area is 189 Å². The highest BCUT2D eigenvalue weighted by Gasteiger charge is 2.32. The van der Waals surface area contributed by atoms with E-state index in [4.69, 9.17) is 10.5 Å². The van der Waals surface area contributed by atoms with Crippen molar-refractivity contribution in [2.45, 2.75) is 51.7 Å². The van der Waals surface area contributed by atoms with E-state index in [2.05, 4.69) is 51.9 Å². The number of anilines is 1. The standard InChI is InChI=1S/C27H30N4O/c1-2-3-8-20-13-22(14-20)31-16-24(25-26(28)29-18-30-27(25)31)21-11-7-12-23(15-21)32-17-19-9-5-4-6-10-19/h4-7,9-12,15-16,18,20,22H,2-3,8,13-14,17H2,1H3,(H2,28,29,30). The minimum atomic E-state index is 0.486. The molecule has 5 heteroatoms. The molecule has 0 atom stereocenters. The van der Waals surface area contributed by atoms with Crippen LogP contribution >= 0.6 is 0 Å². The molecule has 1 aliphatic carbocycles. The Morgan fingerprint density at radius 3 is 2.72 bits per heavy atom. The van der Waals surface area contributed by atoms with Crippen LogP contribution in [0.25, 0.3) is 22.2 Å². The Morgan fingerprint density at radius 1 is 1.06 bits per heavy atom. The van der Waals surface area contributed by atoms with Crippen molar-refractivity contribution in [3.05, 3.63) is 72.7 Å². The van der Waals surface area contributed by atoms with Crippen molar-refractivity contribution in [2.24, 2.45) is 5.92 Å². The zero-order valence-corrected chi connectivity index (χ0v) is 18.6. The highest BCUT2D eigenvalue weighted by atomic mass is 16.5. The van der Waals surface area contributed by atoms with E-state index in [0.717, 1.165) is 39.4 Å². The zero-order valence-electron chi connectivity index (χ0n) is 18.6. The quantitative estimate of drug-likeness (QED) is 0.354. The minimum Gasteiger partial charge on any atom is -0.489 e. The molecule has 0 amide bonds. The first kappa shape index (κ1) is 20.6. The summed E-state index contributed by atoms with van der Waals surface area (Å²) < 4.78 is 8.39. The summed E-state index contributed by atoms with van der Waals surface area (Å²) in [4.78, 5) is 8.90. The fraction of sp³-hybridized carbons (Fsp3) is 0.333. The topological polar surface area (TPSA) is 66.0 Å². The van der Waals surface area contributed by atoms with Gasteiger partial charge in [-0.3, -0.25) is 0 Å². The lowest BCUT2D eigenvalue weighted by Gasteiger charge is -2.36. The molecule has 1 fully saturated rings. The molecular weight excluding hydrogens is 396 g/mol. The molecule has 0 spiro atoms. The molecule has 164 valence electrons. The van der Waals surface area contributed by atoms with Gasteiger partial charge in [0.1, 0.15) is 30.1 Å². The van der Waals surface area contributed by atoms with E-state index in [1.165, 1.54) is 32.1 Å². The third-order valence-corrected chi connectivity index (χ3v) is 6.60. The van der Waals surface area contributed by atoms with Crippen LogP contribution in [0.3, 0.4) is 0 Å². The molecule has 0 aliphatic heterocycles. The predicted octanol–water partition coefficient (Wildman–Crippen LogP) is 6.40. The van der Waals surface area contributed by atoms with Gasteiger partial charge in [0.25, 0.3) is 0 Å². The van der Waals surface area contributed by atoms with E-state index in [1.54, 1.807) is 6.33 Å². The van der Waals surface area contributed by atoms with Gasteiger partial charge in [0.2, 0.25) is 0 Å². The number of benzene rings is 2. The van der Waals surface area contributed by atoms with E-state index in [9.17, 15) is 0 Å². The highest BCUT2D eigenvalue weighted by molar-refractivity contribution is 6.00. The molecule has 32 heavy (non-hydrogen) atoms. The average molecular weight is 427 g/mol. The smallest absolute Gasteiger partial charge is 0.146 e. The summed E-state index contributed by atoms with van der Waals surface area (Å²) in [7, 11) is 0. The lowest BCUT2D eigenvalue weighted by Crippen LogP contribution is -2.26. The van der Waals surface area contributed by atoms with E-state index in [1.807, 2.05) is 30.3 Å². The number of nitrogens with two attached hydrogens (primary N) is 1. The molecule has 1 aliphatic rings. The van der Waals surface area contributed by atoms with E-state index >= 15 is 0 Å². The van der Waals surface area contributed by atoms with Crippen LogP contribution in [0.4, 0.5) is 5.82 Å². The molecule has 2 N–H and O–H groups in total. The first-order chi connectivity index (χ1) is 15.7. The molecule has 0 saturated heterocycles. The summed E-state index contributed by atoms with van der Waals surface area (Å²) >= 11 is 0. The van der Waals surface area contributed by atoms with Gasteiger partial charge in [-0.25, -0.2) is 9.97 Å². The Morgan fingerprint density at radius 2 is 1.91 bits per heavy atom. The molecule has 2 aromatic heterocycles. The summed E-state index contributed by atoms with van der Waals surface area (Å²) in [6, 6.07) is 18.9. The zero-order chi connectivity index (χ0) is 21.9. The van der Waals surface area contributed by atoms with Gasteiger partial charge in [0, 0.05) is 17.8 Å². The van der Waals surface area contributed by atoms with Crippen molar-refractivity contribution < 1.29 is 4.74 Å². The Hall–Kier alpha value is -3.34. The van der Waals surface area contributed by atoms with Crippen molar-refractivity contribution >= 4 is 16.9 Å². The van der Waals surface area contributed by atoms with E-state index < -0.39 is 0 Å². The largest absolute Gasteiger partial charge is 0.489 e. The number of fused-ring (bicyclic) bond motifs is 1. The minimum absolute atomic E-state index is 0.486. The summed E-state index contributed by atoms with van der Waals surface area (Å²) in [6.07, 6.45) is 10.1. The molecule has 5 nitrogen and oxygen atoms in total. The van der Waals surface area contributed by atoms with Crippen molar-refractivity contribution in [3.63, 3.8) is 0 Å². The summed E-state index contributed by atoms with van der Waals surface area (Å²) in [5.74, 6) is 2.20. The molecular formula is C27H30N4O. The lowest BCUT2D eigenvalue weighted by atomic mass is 9.77. The number of rotatable bonds is 8. The van der Waals surface area contributed by atoms with Crippen LogP contribution in [0, 0.1) is 5.92 Å². The van der Waals surface area contributed by atoms with Gasteiger partial charge in [0.05, 0.1) is 5.39 Å². The van der Waals surface area contributed by atoms with Crippen LogP contribution in [0.2, 0.25) is 0 Å². The Bertz CT molecular complexity index is 1190. The summed E-state index contributed by atoms with van der Waals surface area (Å²) in [6.45, 7) is 2.80. The van der Waals surface area contributed by atoms with Crippen LogP contribution in [0.1, 0.15) is 50.6 Å². The molecule has 0 radical (unpaired) electrons. The second-order valence-corrected chi connectivity index (χ2v) is 8.84. The number of nitrogens with zero attached hydrogens (tertiary/aromatic N) is 3. The second-order valence-electron chi connectivity index (χ2n) is 8.84. The maximum atomic E-state index is 6.34. The van der Waals surface area contributed by atoms with Crippen LogP contribution in [-0.2, 0) is 6.61 Å². The average Bonchev–Trinajstić information content (AvgIpc) is 3.18. The molecule has 0 bridgehead atoms. The van der Waals surface area contributed by atoms with Crippen LogP contribution in [0.15, 0.2) is 67.1 Å². The number of aromatic nitrogens is 3. The Kier molecular flexibility index (Phi) is 5.80. The molecule has 4 aromatic rings.